The van der Waals surface area contributed by atoms with Crippen molar-refractivity contribution in [2.75, 3.05) is 5.75 Å². The first kappa shape index (κ1) is 11.6. The van der Waals surface area contributed by atoms with Gasteiger partial charge in [0.15, 0.2) is 0 Å². The van der Waals surface area contributed by atoms with E-state index in [0.29, 0.717) is 20.9 Å². The average Bonchev–Trinajstić information content (AvgIpc) is 2.22. The van der Waals surface area contributed by atoms with Crippen molar-refractivity contribution in [1.29, 1.82) is 0 Å². The molecule has 2 rings (SSSR count). The zero-order valence-corrected chi connectivity index (χ0v) is 11.1. The van der Waals surface area contributed by atoms with Gasteiger partial charge in [-0.2, -0.15) is 11.8 Å². The number of hydrogen-bond acceptors (Lipinski definition) is 4. The topological polar surface area (TPSA) is 25.8 Å². The molecule has 0 spiro atoms. The minimum Gasteiger partial charge on any atom is -0.240 e. The number of nitrogens with zero attached hydrogens (tertiary/aromatic N) is 2. The molecule has 1 aliphatic rings. The lowest BCUT2D eigenvalue weighted by Gasteiger charge is -2.30. The van der Waals surface area contributed by atoms with E-state index in [4.69, 9.17) is 11.6 Å². The molecule has 0 saturated carbocycles. The summed E-state index contributed by atoms with van der Waals surface area (Å²) in [4.78, 5) is 8.57. The zero-order chi connectivity index (χ0) is 10.8. The molecule has 2 nitrogen and oxygen atoms in total. The van der Waals surface area contributed by atoms with Gasteiger partial charge in [-0.25, -0.2) is 9.97 Å². The third kappa shape index (κ3) is 2.80. The van der Waals surface area contributed by atoms with E-state index in [-0.39, 0.29) is 0 Å². The average molecular weight is 261 g/mol. The highest BCUT2D eigenvalue weighted by atomic mass is 35.5. The van der Waals surface area contributed by atoms with E-state index in [1.165, 1.54) is 0 Å². The lowest BCUT2D eigenvalue weighted by Crippen LogP contribution is -2.22. The zero-order valence-electron chi connectivity index (χ0n) is 8.68. The fraction of sp³-hybridized carbons (Fsp3) is 0.600. The first-order valence-corrected chi connectivity index (χ1v) is 7.29. The highest BCUT2D eigenvalue weighted by molar-refractivity contribution is 8.07. The van der Waals surface area contributed by atoms with Crippen LogP contribution in [-0.4, -0.2) is 26.2 Å². The number of halogens is 1. The molecule has 0 N–H and O–H groups in total. The summed E-state index contributed by atoms with van der Waals surface area (Å²) in [6.07, 6.45) is 1.73. The normalized spacial score (nSPS) is 31.5. The van der Waals surface area contributed by atoms with E-state index >= 15 is 0 Å². The first-order chi connectivity index (χ1) is 7.16. The van der Waals surface area contributed by atoms with Crippen LogP contribution in [0.15, 0.2) is 12.3 Å². The maximum atomic E-state index is 5.86. The standard InChI is InChI=1S/C10H13ClN2S2/c1-6-7(2)15-8(5-14-6)10-12-4-3-9(11)13-10/h3-4,6-8H,5H2,1-2H3. The van der Waals surface area contributed by atoms with Crippen LogP contribution in [0.2, 0.25) is 5.15 Å². The molecule has 1 aliphatic heterocycles. The van der Waals surface area contributed by atoms with Crippen molar-refractivity contribution >= 4 is 35.1 Å². The number of hydrogen-bond donors (Lipinski definition) is 0. The van der Waals surface area contributed by atoms with Crippen molar-refractivity contribution in [1.82, 2.24) is 9.97 Å². The van der Waals surface area contributed by atoms with Gasteiger partial charge in [0.2, 0.25) is 0 Å². The first-order valence-electron chi connectivity index (χ1n) is 4.92. The Morgan fingerprint density at radius 1 is 1.40 bits per heavy atom. The summed E-state index contributed by atoms with van der Waals surface area (Å²) >= 11 is 9.80. The predicted molar refractivity (Wildman–Crippen MR) is 68.8 cm³/mol. The van der Waals surface area contributed by atoms with Gasteiger partial charge in [0.05, 0.1) is 5.25 Å². The summed E-state index contributed by atoms with van der Waals surface area (Å²) in [5.74, 6) is 1.95. The van der Waals surface area contributed by atoms with Gasteiger partial charge in [0.25, 0.3) is 0 Å². The van der Waals surface area contributed by atoms with Crippen LogP contribution < -0.4 is 0 Å². The smallest absolute Gasteiger partial charge is 0.143 e. The van der Waals surface area contributed by atoms with Crippen molar-refractivity contribution in [3.63, 3.8) is 0 Å². The largest absolute Gasteiger partial charge is 0.240 e. The molecule has 0 amide bonds. The fourth-order valence-corrected chi connectivity index (χ4v) is 4.42. The lowest BCUT2D eigenvalue weighted by molar-refractivity contribution is 0.859. The van der Waals surface area contributed by atoms with Gasteiger partial charge in [-0.15, -0.1) is 11.8 Å². The molecule has 15 heavy (non-hydrogen) atoms. The SMILES string of the molecule is CC1SCC(c2nccc(Cl)n2)SC1C. The van der Waals surface area contributed by atoms with Crippen LogP contribution in [-0.2, 0) is 0 Å². The maximum Gasteiger partial charge on any atom is 0.143 e. The molecule has 0 aromatic carbocycles. The fourth-order valence-electron chi connectivity index (χ4n) is 1.42. The minimum absolute atomic E-state index is 0.389. The second kappa shape index (κ2) is 4.93. The van der Waals surface area contributed by atoms with Gasteiger partial charge in [-0.05, 0) is 6.07 Å². The molecule has 2 heterocycles. The van der Waals surface area contributed by atoms with Gasteiger partial charge in [0, 0.05) is 22.4 Å². The van der Waals surface area contributed by atoms with Crippen LogP contribution >= 0.6 is 35.1 Å². The van der Waals surface area contributed by atoms with Crippen LogP contribution in [0.25, 0.3) is 0 Å². The summed E-state index contributed by atoms with van der Waals surface area (Å²) < 4.78 is 0. The predicted octanol–water partition coefficient (Wildman–Crippen LogP) is 3.43. The summed E-state index contributed by atoms with van der Waals surface area (Å²) in [5, 5.41) is 2.29. The van der Waals surface area contributed by atoms with Crippen LogP contribution in [0.3, 0.4) is 0 Å². The second-order valence-electron chi connectivity index (χ2n) is 3.61. The molecule has 5 heteroatoms. The Balaban J connectivity index is 2.12. The molecule has 1 fully saturated rings. The summed E-state index contributed by atoms with van der Waals surface area (Å²) in [6.45, 7) is 4.54. The van der Waals surface area contributed by atoms with Gasteiger partial charge in [-0.3, -0.25) is 0 Å². The van der Waals surface area contributed by atoms with Gasteiger partial charge >= 0.3 is 0 Å². The molecule has 1 saturated heterocycles. The second-order valence-corrected chi connectivity index (χ2v) is 6.99. The summed E-state index contributed by atoms with van der Waals surface area (Å²) in [7, 11) is 0. The van der Waals surface area contributed by atoms with Crippen LogP contribution in [0.1, 0.15) is 24.9 Å². The van der Waals surface area contributed by atoms with Crippen molar-refractivity contribution < 1.29 is 0 Å². The molecule has 0 bridgehead atoms. The van der Waals surface area contributed by atoms with E-state index in [1.54, 1.807) is 12.3 Å². The Bertz CT molecular complexity index is 348. The molecular weight excluding hydrogens is 248 g/mol. The Morgan fingerprint density at radius 3 is 2.87 bits per heavy atom. The van der Waals surface area contributed by atoms with Crippen molar-refractivity contribution in [2.24, 2.45) is 0 Å². The van der Waals surface area contributed by atoms with Crippen molar-refractivity contribution in [2.45, 2.75) is 29.6 Å². The van der Waals surface area contributed by atoms with Crippen molar-refractivity contribution in [3.8, 4) is 0 Å². The molecular formula is C10H13ClN2S2. The highest BCUT2D eigenvalue weighted by Crippen LogP contribution is 2.43. The van der Waals surface area contributed by atoms with Gasteiger partial charge in [-0.1, -0.05) is 25.4 Å². The Kier molecular flexibility index (Phi) is 3.80. The molecule has 0 radical (unpaired) electrons. The molecule has 0 aliphatic carbocycles. The molecule has 82 valence electrons. The number of rotatable bonds is 1. The summed E-state index contributed by atoms with van der Waals surface area (Å²) in [6, 6.07) is 1.72. The van der Waals surface area contributed by atoms with E-state index in [0.717, 1.165) is 11.6 Å². The third-order valence-electron chi connectivity index (χ3n) is 2.48. The Labute approximate surface area is 104 Å². The van der Waals surface area contributed by atoms with Crippen LogP contribution in [0, 0.1) is 0 Å². The Hall–Kier alpha value is 0.0700. The van der Waals surface area contributed by atoms with E-state index in [2.05, 4.69) is 23.8 Å². The van der Waals surface area contributed by atoms with E-state index in [9.17, 15) is 0 Å². The minimum atomic E-state index is 0.389. The molecule has 3 unspecified atom stereocenters. The van der Waals surface area contributed by atoms with Crippen molar-refractivity contribution in [3.05, 3.63) is 23.2 Å². The van der Waals surface area contributed by atoms with E-state index < -0.39 is 0 Å². The summed E-state index contributed by atoms with van der Waals surface area (Å²) in [5.41, 5.74) is 0. The monoisotopic (exact) mass is 260 g/mol. The lowest BCUT2D eigenvalue weighted by atomic mass is 10.3. The maximum absolute atomic E-state index is 5.86. The third-order valence-corrected chi connectivity index (χ3v) is 6.08. The highest BCUT2D eigenvalue weighted by Gasteiger charge is 2.28. The quantitative estimate of drug-likeness (QED) is 0.723. The molecule has 3 atom stereocenters. The number of thioether (sulfide) groups is 2. The Morgan fingerprint density at radius 2 is 2.20 bits per heavy atom. The van der Waals surface area contributed by atoms with Gasteiger partial charge in [0.1, 0.15) is 11.0 Å². The van der Waals surface area contributed by atoms with Crippen LogP contribution in [0.4, 0.5) is 0 Å². The number of aromatic nitrogens is 2. The van der Waals surface area contributed by atoms with Crippen LogP contribution in [0.5, 0.6) is 0 Å². The van der Waals surface area contributed by atoms with E-state index in [1.807, 2.05) is 23.5 Å². The van der Waals surface area contributed by atoms with Gasteiger partial charge < -0.3 is 0 Å². The molecule has 1 aromatic heterocycles. The molecule has 1 aromatic rings.